The zero-order valence-electron chi connectivity index (χ0n) is 25.7. The first-order valence-electron chi connectivity index (χ1n) is 16.1. The van der Waals surface area contributed by atoms with E-state index in [1.807, 2.05) is 0 Å². The molecule has 2 heteroatoms. The van der Waals surface area contributed by atoms with Crippen LogP contribution in [0.25, 0.3) is 89.5 Å². The van der Waals surface area contributed by atoms with Crippen molar-refractivity contribution in [2.45, 2.75) is 13.5 Å². The Labute approximate surface area is 267 Å². The minimum absolute atomic E-state index is 0.954. The first-order valence-corrected chi connectivity index (χ1v) is 16.1. The Hall–Kier alpha value is -5.86. The van der Waals surface area contributed by atoms with Crippen LogP contribution in [0.5, 0.6) is 0 Å². The quantitative estimate of drug-likeness (QED) is 0.152. The fourth-order valence-corrected chi connectivity index (χ4v) is 7.40. The van der Waals surface area contributed by atoms with E-state index in [-0.39, 0.29) is 0 Å². The van der Waals surface area contributed by atoms with Crippen LogP contribution in [0.4, 0.5) is 0 Å². The van der Waals surface area contributed by atoms with Crippen LogP contribution in [0.3, 0.4) is 0 Å². The molecular weight excluding hydrogens is 556 g/mol. The summed E-state index contributed by atoms with van der Waals surface area (Å²) in [5, 5.41) is 10.2. The number of aromatic nitrogens is 2. The molecule has 0 saturated heterocycles. The van der Waals surface area contributed by atoms with Crippen LogP contribution in [-0.4, -0.2) is 9.55 Å². The number of hydrogen-bond donors (Lipinski definition) is 1. The lowest BCUT2D eigenvalue weighted by Gasteiger charge is -2.13. The number of nitrogens with zero attached hydrogens (tertiary/aromatic N) is 1. The molecule has 0 aliphatic carbocycles. The highest BCUT2D eigenvalue weighted by atomic mass is 15.0. The molecule has 2 heterocycles. The summed E-state index contributed by atoms with van der Waals surface area (Å²) in [5.41, 5.74) is 9.81. The smallest absolute Gasteiger partial charge is 0.0491 e. The highest BCUT2D eigenvalue weighted by molar-refractivity contribution is 6.15. The molecule has 2 nitrogen and oxygen atoms in total. The van der Waals surface area contributed by atoms with Crippen molar-refractivity contribution in [2.75, 3.05) is 0 Å². The maximum absolute atomic E-state index is 3.55. The van der Waals surface area contributed by atoms with Gasteiger partial charge in [0.15, 0.2) is 0 Å². The molecule has 0 radical (unpaired) electrons. The van der Waals surface area contributed by atoms with Gasteiger partial charge in [-0.05, 0) is 87.1 Å². The number of fused-ring (bicyclic) bond motifs is 8. The molecule has 218 valence electrons. The molecule has 0 fully saturated rings. The molecule has 0 saturated carbocycles. The molecule has 2 aromatic heterocycles. The number of benzene rings is 7. The molecule has 9 rings (SSSR count). The molecule has 0 bridgehead atoms. The van der Waals surface area contributed by atoms with E-state index in [0.29, 0.717) is 0 Å². The summed E-state index contributed by atoms with van der Waals surface area (Å²) in [4.78, 5) is 3.55. The Morgan fingerprint density at radius 1 is 0.435 bits per heavy atom. The van der Waals surface area contributed by atoms with Gasteiger partial charge in [-0.1, -0.05) is 121 Å². The van der Waals surface area contributed by atoms with Gasteiger partial charge in [-0.2, -0.15) is 0 Å². The number of aromatic amines is 1. The predicted molar refractivity (Wildman–Crippen MR) is 200 cm³/mol. The van der Waals surface area contributed by atoms with Gasteiger partial charge in [0.25, 0.3) is 0 Å². The lowest BCUT2D eigenvalue weighted by molar-refractivity contribution is 0.827. The Morgan fingerprint density at radius 2 is 0.913 bits per heavy atom. The normalized spacial score (nSPS) is 12.4. The van der Waals surface area contributed by atoms with Gasteiger partial charge in [-0.15, -0.1) is 0 Å². The fourth-order valence-electron chi connectivity index (χ4n) is 7.40. The van der Waals surface area contributed by atoms with Crippen molar-refractivity contribution in [3.8, 4) is 0 Å². The lowest BCUT2D eigenvalue weighted by atomic mass is 9.90. The van der Waals surface area contributed by atoms with Crippen LogP contribution in [0.1, 0.15) is 29.2 Å². The van der Waals surface area contributed by atoms with E-state index >= 15 is 0 Å². The van der Waals surface area contributed by atoms with Crippen molar-refractivity contribution in [1.82, 2.24) is 9.55 Å². The third-order valence-electron chi connectivity index (χ3n) is 9.54. The Bertz CT molecular complexity index is 2620. The van der Waals surface area contributed by atoms with Gasteiger partial charge < -0.3 is 9.55 Å². The second-order valence-electron chi connectivity index (χ2n) is 12.1. The SMILES string of the molecule is CCn1c2ccccc2c2cc(/C=C/c3c4ccccc4c(/C=C/c4ccc5[nH]c6ccccc6c5c4)c4ccccc34)ccc21. The molecule has 0 aliphatic heterocycles. The van der Waals surface area contributed by atoms with Gasteiger partial charge in [-0.3, -0.25) is 0 Å². The zero-order chi connectivity index (χ0) is 30.6. The maximum atomic E-state index is 3.55. The average molecular weight is 589 g/mol. The summed E-state index contributed by atoms with van der Waals surface area (Å²) in [5.74, 6) is 0. The van der Waals surface area contributed by atoms with Gasteiger partial charge in [0.05, 0.1) is 0 Å². The Kier molecular flexibility index (Phi) is 6.14. The lowest BCUT2D eigenvalue weighted by Crippen LogP contribution is -1.92. The second-order valence-corrected chi connectivity index (χ2v) is 12.1. The standard InChI is InChI=1S/C44H32N2/c1-2-46-43-18-10-8-16-38(43)40-28-30(22-26-44(40)46)20-24-36-33-13-5-3-11-31(33)35(32-12-4-6-14-34(32)36)23-19-29-21-25-42-39(27-29)37-15-7-9-17-41(37)45-42/h3-28,45H,2H2,1H3/b23-19+,24-20+. The molecular formula is C44H32N2. The summed E-state index contributed by atoms with van der Waals surface area (Å²) < 4.78 is 2.41. The van der Waals surface area contributed by atoms with Crippen LogP contribution >= 0.6 is 0 Å². The van der Waals surface area contributed by atoms with Crippen LogP contribution in [0, 0.1) is 0 Å². The predicted octanol–water partition coefficient (Wildman–Crippen LogP) is 12.1. The maximum Gasteiger partial charge on any atom is 0.0491 e. The van der Waals surface area contributed by atoms with Gasteiger partial charge in [0, 0.05) is 50.2 Å². The molecule has 9 aromatic rings. The van der Waals surface area contributed by atoms with Gasteiger partial charge >= 0.3 is 0 Å². The van der Waals surface area contributed by atoms with E-state index in [4.69, 9.17) is 0 Å². The topological polar surface area (TPSA) is 20.7 Å². The molecule has 0 atom stereocenters. The van der Waals surface area contributed by atoms with Crippen molar-refractivity contribution < 1.29 is 0 Å². The minimum atomic E-state index is 0.954. The van der Waals surface area contributed by atoms with Crippen molar-refractivity contribution in [3.05, 3.63) is 156 Å². The van der Waals surface area contributed by atoms with Gasteiger partial charge in [0.1, 0.15) is 0 Å². The second kappa shape index (κ2) is 10.6. The zero-order valence-corrected chi connectivity index (χ0v) is 25.7. The van der Waals surface area contributed by atoms with Crippen LogP contribution < -0.4 is 0 Å². The van der Waals surface area contributed by atoms with E-state index < -0.39 is 0 Å². The van der Waals surface area contributed by atoms with Crippen LogP contribution in [0.2, 0.25) is 0 Å². The number of rotatable bonds is 5. The van der Waals surface area contributed by atoms with Gasteiger partial charge in [0.2, 0.25) is 0 Å². The van der Waals surface area contributed by atoms with Crippen molar-refractivity contribution in [1.29, 1.82) is 0 Å². The minimum Gasteiger partial charge on any atom is -0.355 e. The number of H-pyrrole nitrogens is 1. The Balaban J connectivity index is 1.17. The van der Waals surface area contributed by atoms with Crippen molar-refractivity contribution in [2.24, 2.45) is 0 Å². The number of nitrogens with one attached hydrogen (secondary N) is 1. The average Bonchev–Trinajstić information content (AvgIpc) is 3.64. The van der Waals surface area contributed by atoms with Crippen LogP contribution in [-0.2, 0) is 6.54 Å². The number of para-hydroxylation sites is 2. The van der Waals surface area contributed by atoms with Crippen molar-refractivity contribution >= 4 is 89.5 Å². The van der Waals surface area contributed by atoms with E-state index in [1.165, 1.54) is 87.4 Å². The third kappa shape index (κ3) is 4.18. The molecule has 0 amide bonds. The summed E-state index contributed by atoms with van der Waals surface area (Å²) in [6, 6.07) is 48.4. The molecule has 1 N–H and O–H groups in total. The Morgan fingerprint density at radius 3 is 1.54 bits per heavy atom. The van der Waals surface area contributed by atoms with Crippen LogP contribution in [0.15, 0.2) is 133 Å². The van der Waals surface area contributed by atoms with E-state index in [0.717, 1.165) is 6.54 Å². The summed E-state index contributed by atoms with van der Waals surface area (Å²) >= 11 is 0. The summed E-state index contributed by atoms with van der Waals surface area (Å²) in [6.45, 7) is 3.17. The van der Waals surface area contributed by atoms with Gasteiger partial charge in [-0.25, -0.2) is 0 Å². The highest BCUT2D eigenvalue weighted by Crippen LogP contribution is 2.36. The number of aryl methyl sites for hydroxylation is 1. The fraction of sp³-hybridized carbons (Fsp3) is 0.0455. The summed E-state index contributed by atoms with van der Waals surface area (Å²) in [7, 11) is 0. The first-order chi connectivity index (χ1) is 22.8. The first kappa shape index (κ1) is 26.5. The van der Waals surface area contributed by atoms with E-state index in [9.17, 15) is 0 Å². The van der Waals surface area contributed by atoms with Crippen molar-refractivity contribution in [3.63, 3.8) is 0 Å². The summed E-state index contributed by atoms with van der Waals surface area (Å²) in [6.07, 6.45) is 9.14. The molecule has 7 aromatic carbocycles. The molecule has 46 heavy (non-hydrogen) atoms. The number of hydrogen-bond acceptors (Lipinski definition) is 0. The van der Waals surface area contributed by atoms with E-state index in [2.05, 4.69) is 174 Å². The molecule has 0 spiro atoms. The highest BCUT2D eigenvalue weighted by Gasteiger charge is 2.12. The molecule has 0 unspecified atom stereocenters. The third-order valence-corrected chi connectivity index (χ3v) is 9.54. The monoisotopic (exact) mass is 588 g/mol. The molecule has 0 aliphatic rings. The van der Waals surface area contributed by atoms with E-state index in [1.54, 1.807) is 0 Å². The largest absolute Gasteiger partial charge is 0.355 e.